The van der Waals surface area contributed by atoms with Crippen LogP contribution in [0.1, 0.15) is 37.8 Å². The van der Waals surface area contributed by atoms with Crippen molar-refractivity contribution in [3.63, 3.8) is 0 Å². The maximum Gasteiger partial charge on any atom is 0.153 e. The van der Waals surface area contributed by atoms with Crippen molar-refractivity contribution in [2.75, 3.05) is 0 Å². The molecule has 1 heterocycles. The second-order valence-corrected chi connectivity index (χ2v) is 2.78. The second-order valence-electron chi connectivity index (χ2n) is 2.78. The van der Waals surface area contributed by atoms with Gasteiger partial charge in [0.15, 0.2) is 5.82 Å². The molecular formula is C8H12N4. The van der Waals surface area contributed by atoms with E-state index < -0.39 is 0 Å². The molecule has 0 aromatic carbocycles. The summed E-state index contributed by atoms with van der Waals surface area (Å²) in [5, 5.41) is 15.1. The van der Waals surface area contributed by atoms with E-state index in [2.05, 4.69) is 29.0 Å². The number of aromatic nitrogens is 3. The van der Waals surface area contributed by atoms with Gasteiger partial charge in [0.1, 0.15) is 5.82 Å². The Kier molecular flexibility index (Phi) is 2.81. The summed E-state index contributed by atoms with van der Waals surface area (Å²) in [6.07, 6.45) is 1.33. The Morgan fingerprint density at radius 3 is 3.00 bits per heavy atom. The fourth-order valence-corrected chi connectivity index (χ4v) is 0.867. The maximum atomic E-state index is 8.39. The Bertz CT molecular complexity index is 283. The van der Waals surface area contributed by atoms with Crippen LogP contribution in [0.25, 0.3) is 0 Å². The highest BCUT2D eigenvalue weighted by Gasteiger charge is 2.08. The van der Waals surface area contributed by atoms with Crippen molar-refractivity contribution in [3.05, 3.63) is 11.6 Å². The predicted molar refractivity (Wildman–Crippen MR) is 44.4 cm³/mol. The molecule has 0 saturated heterocycles. The van der Waals surface area contributed by atoms with Crippen LogP contribution in [0.3, 0.4) is 0 Å². The fourth-order valence-electron chi connectivity index (χ4n) is 0.867. The molecular weight excluding hydrogens is 152 g/mol. The van der Waals surface area contributed by atoms with Crippen LogP contribution in [0.4, 0.5) is 0 Å². The number of nitrogens with zero attached hydrogens (tertiary/aromatic N) is 3. The van der Waals surface area contributed by atoms with Gasteiger partial charge in [0.05, 0.1) is 12.5 Å². The van der Waals surface area contributed by atoms with E-state index in [1.807, 2.05) is 6.07 Å². The topological polar surface area (TPSA) is 65.4 Å². The molecule has 1 N–H and O–H groups in total. The van der Waals surface area contributed by atoms with Crippen molar-refractivity contribution >= 4 is 0 Å². The molecule has 0 spiro atoms. The molecule has 4 heteroatoms. The van der Waals surface area contributed by atoms with E-state index in [-0.39, 0.29) is 0 Å². The van der Waals surface area contributed by atoms with Crippen molar-refractivity contribution in [1.29, 1.82) is 5.26 Å². The van der Waals surface area contributed by atoms with Gasteiger partial charge in [0.25, 0.3) is 0 Å². The number of nitrogens with one attached hydrogen (secondary N) is 1. The maximum absolute atomic E-state index is 8.39. The average Bonchev–Trinajstić information content (AvgIpc) is 2.52. The van der Waals surface area contributed by atoms with Gasteiger partial charge in [-0.2, -0.15) is 10.4 Å². The van der Waals surface area contributed by atoms with Crippen molar-refractivity contribution in [2.45, 2.75) is 32.6 Å². The van der Waals surface area contributed by atoms with E-state index in [9.17, 15) is 0 Å². The van der Waals surface area contributed by atoms with Crippen LogP contribution in [-0.4, -0.2) is 15.2 Å². The van der Waals surface area contributed by atoms with Crippen LogP contribution in [0.15, 0.2) is 0 Å². The molecule has 0 aliphatic heterocycles. The van der Waals surface area contributed by atoms with Crippen LogP contribution in [-0.2, 0) is 6.42 Å². The van der Waals surface area contributed by atoms with Crippen LogP contribution < -0.4 is 0 Å². The Morgan fingerprint density at radius 1 is 1.67 bits per heavy atom. The lowest BCUT2D eigenvalue weighted by Gasteiger charge is -1.99. The minimum absolute atomic E-state index is 0.309. The van der Waals surface area contributed by atoms with Gasteiger partial charge >= 0.3 is 0 Å². The van der Waals surface area contributed by atoms with Gasteiger partial charge in [0.2, 0.25) is 0 Å². The van der Waals surface area contributed by atoms with Crippen molar-refractivity contribution < 1.29 is 0 Å². The van der Waals surface area contributed by atoms with Crippen LogP contribution in [0.5, 0.6) is 0 Å². The fraction of sp³-hybridized carbons (Fsp3) is 0.625. The highest BCUT2D eigenvalue weighted by Crippen LogP contribution is 2.13. The minimum Gasteiger partial charge on any atom is -0.262 e. The molecule has 1 aromatic heterocycles. The van der Waals surface area contributed by atoms with Gasteiger partial charge in [-0.1, -0.05) is 13.8 Å². The summed E-state index contributed by atoms with van der Waals surface area (Å²) in [6.45, 7) is 4.16. The first-order valence-electron chi connectivity index (χ1n) is 4.06. The summed E-state index contributed by atoms with van der Waals surface area (Å²) in [4.78, 5) is 4.18. The van der Waals surface area contributed by atoms with Gasteiger partial charge in [-0.15, -0.1) is 0 Å². The lowest BCUT2D eigenvalue weighted by atomic mass is 10.1. The number of hydrogen-bond donors (Lipinski definition) is 1. The van der Waals surface area contributed by atoms with E-state index in [1.54, 1.807) is 0 Å². The molecule has 12 heavy (non-hydrogen) atoms. The Balaban J connectivity index is 2.71. The highest BCUT2D eigenvalue weighted by molar-refractivity contribution is 4.99. The SMILES string of the molecule is CCC(C)c1n[nH]c(CC#N)n1. The molecule has 0 amide bonds. The monoisotopic (exact) mass is 164 g/mol. The largest absolute Gasteiger partial charge is 0.262 e. The molecule has 0 fully saturated rings. The molecule has 1 aromatic rings. The smallest absolute Gasteiger partial charge is 0.153 e. The van der Waals surface area contributed by atoms with Crippen LogP contribution >= 0.6 is 0 Å². The zero-order valence-electron chi connectivity index (χ0n) is 7.33. The molecule has 4 nitrogen and oxygen atoms in total. The van der Waals surface area contributed by atoms with Gasteiger partial charge in [-0.05, 0) is 6.42 Å². The zero-order chi connectivity index (χ0) is 8.97. The number of nitriles is 1. The van der Waals surface area contributed by atoms with E-state index in [1.165, 1.54) is 0 Å². The van der Waals surface area contributed by atoms with E-state index in [0.29, 0.717) is 18.2 Å². The molecule has 1 atom stereocenters. The number of aromatic amines is 1. The molecule has 64 valence electrons. The molecule has 0 radical (unpaired) electrons. The summed E-state index contributed by atoms with van der Waals surface area (Å²) in [6, 6.07) is 2.02. The van der Waals surface area contributed by atoms with Gasteiger partial charge in [0, 0.05) is 5.92 Å². The van der Waals surface area contributed by atoms with Crippen LogP contribution in [0.2, 0.25) is 0 Å². The molecule has 0 saturated carbocycles. The average molecular weight is 164 g/mol. The zero-order valence-corrected chi connectivity index (χ0v) is 7.33. The Labute approximate surface area is 71.6 Å². The Hall–Kier alpha value is -1.37. The Morgan fingerprint density at radius 2 is 2.42 bits per heavy atom. The summed E-state index contributed by atoms with van der Waals surface area (Å²) in [7, 11) is 0. The summed E-state index contributed by atoms with van der Waals surface area (Å²) >= 11 is 0. The number of rotatable bonds is 3. The number of H-pyrrole nitrogens is 1. The third kappa shape index (κ3) is 1.82. The summed E-state index contributed by atoms with van der Waals surface area (Å²) in [5.74, 6) is 1.84. The van der Waals surface area contributed by atoms with E-state index >= 15 is 0 Å². The van der Waals surface area contributed by atoms with Crippen molar-refractivity contribution in [1.82, 2.24) is 15.2 Å². The summed E-state index contributed by atoms with van der Waals surface area (Å²) in [5.41, 5.74) is 0. The minimum atomic E-state index is 0.309. The molecule has 0 aliphatic carbocycles. The lowest BCUT2D eigenvalue weighted by Crippen LogP contribution is -1.94. The van der Waals surface area contributed by atoms with Gasteiger partial charge in [-0.3, -0.25) is 5.10 Å². The van der Waals surface area contributed by atoms with Crippen molar-refractivity contribution in [3.8, 4) is 6.07 Å². The first-order chi connectivity index (χ1) is 5.77. The number of hydrogen-bond acceptors (Lipinski definition) is 3. The van der Waals surface area contributed by atoms with Gasteiger partial charge < -0.3 is 0 Å². The predicted octanol–water partition coefficient (Wildman–Crippen LogP) is 1.38. The third-order valence-electron chi connectivity index (χ3n) is 1.85. The standard InChI is InChI=1S/C8H12N4/c1-3-6(2)8-10-7(4-5-9)11-12-8/h6H,3-4H2,1-2H3,(H,10,11,12). The highest BCUT2D eigenvalue weighted by atomic mass is 15.2. The molecule has 1 rings (SSSR count). The molecule has 0 aliphatic rings. The van der Waals surface area contributed by atoms with E-state index in [0.717, 1.165) is 12.2 Å². The molecule has 1 unspecified atom stereocenters. The van der Waals surface area contributed by atoms with E-state index in [4.69, 9.17) is 5.26 Å². The lowest BCUT2D eigenvalue weighted by molar-refractivity contribution is 0.682. The summed E-state index contributed by atoms with van der Waals surface area (Å²) < 4.78 is 0. The second kappa shape index (κ2) is 3.86. The normalized spacial score (nSPS) is 12.4. The van der Waals surface area contributed by atoms with Gasteiger partial charge in [-0.25, -0.2) is 4.98 Å². The molecule has 0 bridgehead atoms. The van der Waals surface area contributed by atoms with Crippen LogP contribution in [0, 0.1) is 11.3 Å². The first kappa shape index (κ1) is 8.72. The first-order valence-corrected chi connectivity index (χ1v) is 4.06. The third-order valence-corrected chi connectivity index (χ3v) is 1.85. The van der Waals surface area contributed by atoms with Crippen molar-refractivity contribution in [2.24, 2.45) is 0 Å². The quantitative estimate of drug-likeness (QED) is 0.734.